The first-order valence-corrected chi connectivity index (χ1v) is 13.0. The average molecular weight is 518 g/mol. The fourth-order valence-corrected chi connectivity index (χ4v) is 3.55. The van der Waals surface area contributed by atoms with E-state index in [2.05, 4.69) is 41.4 Å². The van der Waals surface area contributed by atoms with Crippen molar-refractivity contribution in [1.29, 1.82) is 0 Å². The van der Waals surface area contributed by atoms with Crippen LogP contribution in [0.25, 0.3) is 0 Å². The number of nitrogens with zero attached hydrogens (tertiary/aromatic N) is 5. The third kappa shape index (κ3) is 8.29. The summed E-state index contributed by atoms with van der Waals surface area (Å²) in [5.41, 5.74) is 4.58. The van der Waals surface area contributed by atoms with Crippen LogP contribution in [-0.4, -0.2) is 46.2 Å². The van der Waals surface area contributed by atoms with Crippen molar-refractivity contribution in [3.05, 3.63) is 53.1 Å². The van der Waals surface area contributed by atoms with Crippen molar-refractivity contribution in [2.45, 2.75) is 40.5 Å². The molecule has 0 fully saturated rings. The highest BCUT2D eigenvalue weighted by Crippen LogP contribution is 2.30. The monoisotopic (exact) mass is 517 g/mol. The van der Waals surface area contributed by atoms with Gasteiger partial charge in [-0.1, -0.05) is 37.2 Å². The lowest BCUT2D eigenvalue weighted by molar-refractivity contribution is 0.136. The summed E-state index contributed by atoms with van der Waals surface area (Å²) in [7, 11) is 2.95. The standard InChI is InChI=1S/C24H31N5O4S2/c1-8-18-11-10-12-19(9-2)22(18)26-25-20-13-14-21(16(3)15-20)32-23(30)28(5)35-29(6)24(31)33-27-17(4)34-7/h10-15H,8-9H2,1-7H3. The maximum atomic E-state index is 12.5. The van der Waals surface area contributed by atoms with Crippen molar-refractivity contribution in [1.82, 2.24) is 8.61 Å². The smallest absolute Gasteiger partial charge is 0.409 e. The molecule has 0 saturated carbocycles. The van der Waals surface area contributed by atoms with Crippen molar-refractivity contribution in [3.8, 4) is 5.75 Å². The normalized spacial score (nSPS) is 11.5. The lowest BCUT2D eigenvalue weighted by Crippen LogP contribution is -2.30. The SMILES string of the molecule is CCc1cccc(CC)c1N=Nc1ccc(OC(=O)N(C)SN(C)C(=O)ON=C(C)SC)c(C)c1. The van der Waals surface area contributed by atoms with Crippen LogP contribution in [0, 0.1) is 6.92 Å². The average Bonchev–Trinajstić information content (AvgIpc) is 2.86. The maximum absolute atomic E-state index is 12.5. The predicted octanol–water partition coefficient (Wildman–Crippen LogP) is 7.29. The summed E-state index contributed by atoms with van der Waals surface area (Å²) >= 11 is 2.18. The number of hydrogen-bond acceptors (Lipinski definition) is 9. The number of thioether (sulfide) groups is 1. The highest BCUT2D eigenvalue weighted by Gasteiger charge is 2.20. The molecule has 0 bridgehead atoms. The van der Waals surface area contributed by atoms with Gasteiger partial charge in [0.05, 0.1) is 23.5 Å². The molecule has 0 aromatic heterocycles. The van der Waals surface area contributed by atoms with Crippen LogP contribution < -0.4 is 4.74 Å². The first kappa shape index (κ1) is 28.2. The summed E-state index contributed by atoms with van der Waals surface area (Å²) in [6.45, 7) is 7.73. The van der Waals surface area contributed by atoms with E-state index in [0.717, 1.165) is 51.7 Å². The molecule has 0 aliphatic heterocycles. The molecule has 0 spiro atoms. The molecular weight excluding hydrogens is 486 g/mol. The molecule has 2 amide bonds. The molecule has 2 aromatic carbocycles. The maximum Gasteiger partial charge on any atom is 0.447 e. The van der Waals surface area contributed by atoms with Crippen LogP contribution in [0.5, 0.6) is 5.75 Å². The van der Waals surface area contributed by atoms with Gasteiger partial charge in [-0.15, -0.1) is 16.9 Å². The fourth-order valence-electron chi connectivity index (χ4n) is 2.87. The van der Waals surface area contributed by atoms with Crippen LogP contribution in [0.3, 0.4) is 0 Å². The molecule has 2 rings (SSSR count). The zero-order valence-corrected chi connectivity index (χ0v) is 22.7. The van der Waals surface area contributed by atoms with Crippen LogP contribution in [0.2, 0.25) is 0 Å². The van der Waals surface area contributed by atoms with Crippen LogP contribution >= 0.6 is 23.9 Å². The van der Waals surface area contributed by atoms with Gasteiger partial charge in [-0.2, -0.15) is 5.11 Å². The van der Waals surface area contributed by atoms with Crippen molar-refractivity contribution < 1.29 is 19.2 Å². The van der Waals surface area contributed by atoms with Gasteiger partial charge in [0.15, 0.2) is 0 Å². The number of aryl methyl sites for hydroxylation is 3. The van der Waals surface area contributed by atoms with Gasteiger partial charge >= 0.3 is 12.2 Å². The lowest BCUT2D eigenvalue weighted by Gasteiger charge is -2.20. The van der Waals surface area contributed by atoms with Crippen LogP contribution in [0.1, 0.15) is 37.5 Å². The molecule has 0 radical (unpaired) electrons. The number of ether oxygens (including phenoxy) is 1. The molecule has 2 aromatic rings. The van der Waals surface area contributed by atoms with Crippen molar-refractivity contribution in [2.24, 2.45) is 15.4 Å². The van der Waals surface area contributed by atoms with E-state index in [1.165, 1.54) is 30.2 Å². The van der Waals surface area contributed by atoms with Crippen LogP contribution in [0.4, 0.5) is 21.0 Å². The van der Waals surface area contributed by atoms with Crippen molar-refractivity contribution in [3.63, 3.8) is 0 Å². The third-order valence-electron chi connectivity index (χ3n) is 4.89. The van der Waals surface area contributed by atoms with E-state index in [-0.39, 0.29) is 0 Å². The summed E-state index contributed by atoms with van der Waals surface area (Å²) in [6, 6.07) is 11.4. The molecule has 35 heavy (non-hydrogen) atoms. The number of carbonyl (C=O) groups is 2. The fraction of sp³-hybridized carbons (Fsp3) is 0.375. The number of rotatable bonds is 8. The Labute approximate surface area is 215 Å². The minimum Gasteiger partial charge on any atom is -0.409 e. The van der Waals surface area contributed by atoms with E-state index in [0.29, 0.717) is 16.5 Å². The van der Waals surface area contributed by atoms with Gasteiger partial charge in [0.25, 0.3) is 0 Å². The number of amides is 2. The molecule has 0 aliphatic carbocycles. The number of oxime groups is 1. The summed E-state index contributed by atoms with van der Waals surface area (Å²) in [5, 5.41) is 13.2. The Balaban J connectivity index is 2.04. The molecule has 0 unspecified atom stereocenters. The van der Waals surface area contributed by atoms with E-state index in [1.807, 2.05) is 19.2 Å². The first-order chi connectivity index (χ1) is 16.7. The van der Waals surface area contributed by atoms with Gasteiger partial charge in [-0.25, -0.2) is 18.2 Å². The Morgan fingerprint density at radius 1 is 0.971 bits per heavy atom. The predicted molar refractivity (Wildman–Crippen MR) is 143 cm³/mol. The van der Waals surface area contributed by atoms with Crippen molar-refractivity contribution in [2.75, 3.05) is 20.4 Å². The van der Waals surface area contributed by atoms with Crippen molar-refractivity contribution >= 4 is 52.5 Å². The number of carbonyl (C=O) groups excluding carboxylic acids is 2. The van der Waals surface area contributed by atoms with E-state index in [1.54, 1.807) is 25.1 Å². The minimum absolute atomic E-state index is 0.384. The number of benzene rings is 2. The van der Waals surface area contributed by atoms with E-state index < -0.39 is 12.2 Å². The molecule has 188 valence electrons. The Kier molecular flexibility index (Phi) is 11.1. The molecule has 0 saturated heterocycles. The Bertz CT molecular complexity index is 1090. The van der Waals surface area contributed by atoms with Gasteiger partial charge in [-0.05, 0) is 67.8 Å². The highest BCUT2D eigenvalue weighted by atomic mass is 32.2. The second-order valence-corrected chi connectivity index (χ2v) is 9.66. The third-order valence-corrected chi connectivity index (χ3v) is 6.35. The van der Waals surface area contributed by atoms with E-state index in [9.17, 15) is 9.59 Å². The van der Waals surface area contributed by atoms with Gasteiger partial charge in [0, 0.05) is 14.1 Å². The van der Waals surface area contributed by atoms with Gasteiger partial charge in [-0.3, -0.25) is 4.84 Å². The Hall–Kier alpha value is -3.05. The summed E-state index contributed by atoms with van der Waals surface area (Å²) < 4.78 is 7.78. The molecule has 11 heteroatoms. The largest absolute Gasteiger partial charge is 0.447 e. The van der Waals surface area contributed by atoms with Crippen LogP contribution in [0.15, 0.2) is 51.8 Å². The molecule has 0 N–H and O–H groups in total. The van der Waals surface area contributed by atoms with Gasteiger partial charge in [0.1, 0.15) is 10.8 Å². The second kappa shape index (κ2) is 13.7. The highest BCUT2D eigenvalue weighted by molar-refractivity contribution is 8.13. The lowest BCUT2D eigenvalue weighted by atomic mass is 10.0. The summed E-state index contributed by atoms with van der Waals surface area (Å²) in [5.74, 6) is 0.384. The first-order valence-electron chi connectivity index (χ1n) is 11.0. The summed E-state index contributed by atoms with van der Waals surface area (Å²) in [4.78, 5) is 29.3. The topological polar surface area (TPSA) is 96.2 Å². The summed E-state index contributed by atoms with van der Waals surface area (Å²) in [6.07, 6.45) is 2.20. The second-order valence-electron chi connectivity index (χ2n) is 7.40. The minimum atomic E-state index is -0.718. The zero-order valence-electron chi connectivity index (χ0n) is 21.1. The number of azo groups is 1. The quantitative estimate of drug-likeness (QED) is 0.0910. The Morgan fingerprint density at radius 2 is 1.60 bits per heavy atom. The van der Waals surface area contributed by atoms with Gasteiger partial charge in [0.2, 0.25) is 0 Å². The molecule has 0 aliphatic rings. The van der Waals surface area contributed by atoms with E-state index in [4.69, 9.17) is 9.57 Å². The molecular formula is C24H31N5O4S2. The van der Waals surface area contributed by atoms with Crippen LogP contribution in [-0.2, 0) is 17.7 Å². The van der Waals surface area contributed by atoms with Gasteiger partial charge < -0.3 is 4.74 Å². The molecule has 0 heterocycles. The number of hydrogen-bond donors (Lipinski definition) is 0. The zero-order chi connectivity index (χ0) is 26.0. The Morgan fingerprint density at radius 3 is 2.17 bits per heavy atom. The molecule has 0 atom stereocenters. The van der Waals surface area contributed by atoms with E-state index >= 15 is 0 Å². The molecule has 9 nitrogen and oxygen atoms in total.